The molecular weight excluding hydrogens is 324 g/mol. The Bertz CT molecular complexity index is 301. The summed E-state index contributed by atoms with van der Waals surface area (Å²) in [6, 6.07) is 0. The molecule has 1 aliphatic carbocycles. The van der Waals surface area contributed by atoms with Gasteiger partial charge in [-0.2, -0.15) is 0 Å². The topological polar surface area (TPSA) is 57.2 Å². The molecule has 0 aromatic heterocycles. The minimum atomic E-state index is -1.77. The molecule has 0 bridgehead atoms. The van der Waals surface area contributed by atoms with E-state index in [1.54, 1.807) is 14.2 Å². The average molecular weight is 363 g/mol. The lowest BCUT2D eigenvalue weighted by atomic mass is 9.83. The molecule has 1 rings (SSSR count). The molecule has 0 aromatic rings. The van der Waals surface area contributed by atoms with E-state index in [0.29, 0.717) is 18.1 Å². The molecule has 0 heterocycles. The Morgan fingerprint density at radius 2 is 1.71 bits per heavy atom. The largest absolute Gasteiger partial charge is 0.400 e. The molecule has 1 saturated carbocycles. The predicted molar refractivity (Wildman–Crippen MR) is 98.6 cm³/mol. The number of unbranched alkanes of at least 4 members (excludes halogenated alkanes) is 2. The zero-order chi connectivity index (χ0) is 17.8. The molecule has 1 aliphatic rings. The van der Waals surface area contributed by atoms with Crippen LogP contribution in [0.2, 0.25) is 5.54 Å². The summed E-state index contributed by atoms with van der Waals surface area (Å²) in [5, 5.41) is 10.3. The summed E-state index contributed by atoms with van der Waals surface area (Å²) in [5.41, 5.74) is 0.307. The van der Waals surface area contributed by atoms with E-state index in [9.17, 15) is 5.11 Å². The summed E-state index contributed by atoms with van der Waals surface area (Å²) in [5.74, 6) is 0.443. The van der Waals surface area contributed by atoms with E-state index < -0.39 is 9.28 Å². The molecule has 6 heteroatoms. The van der Waals surface area contributed by atoms with Crippen molar-refractivity contribution in [2.24, 2.45) is 5.92 Å². The Morgan fingerprint density at radius 3 is 2.33 bits per heavy atom. The highest BCUT2D eigenvalue weighted by molar-refractivity contribution is 6.46. The zero-order valence-corrected chi connectivity index (χ0v) is 17.2. The van der Waals surface area contributed by atoms with Crippen molar-refractivity contribution in [1.82, 2.24) is 0 Å². The predicted octanol–water partition coefficient (Wildman–Crippen LogP) is 3.03. The summed E-state index contributed by atoms with van der Waals surface area (Å²) in [7, 11) is 1.71. The van der Waals surface area contributed by atoms with Crippen molar-refractivity contribution < 1.29 is 23.4 Å². The highest BCUT2D eigenvalue weighted by atomic mass is 28.3. The molecule has 144 valence electrons. The van der Waals surface area contributed by atoms with Gasteiger partial charge in [-0.15, -0.1) is 0 Å². The Balaban J connectivity index is 2.61. The normalized spacial score (nSPS) is 26.0. The molecule has 0 aromatic carbocycles. The SMILES string of the molecule is CCCCOCC(C1CCC(O)C(OCCCC)C1)[SiH](OC)OC. The van der Waals surface area contributed by atoms with Crippen LogP contribution in [-0.4, -0.2) is 60.6 Å². The lowest BCUT2D eigenvalue weighted by molar-refractivity contribution is -0.0758. The standard InChI is InChI=1S/C18H38O5Si/c1-5-7-11-22-14-18(24(20-3)21-4)15-9-10-16(19)17(13-15)23-12-8-6-2/h15-19,24H,5-14H2,1-4H3. The Labute approximate surface area is 149 Å². The third kappa shape index (κ3) is 7.50. The average Bonchev–Trinajstić information content (AvgIpc) is 2.60. The Kier molecular flexibility index (Phi) is 12.2. The van der Waals surface area contributed by atoms with E-state index in [-0.39, 0.29) is 12.2 Å². The van der Waals surface area contributed by atoms with Gasteiger partial charge in [-0.1, -0.05) is 26.7 Å². The molecule has 4 atom stereocenters. The molecular formula is C18H38O5Si. The minimum absolute atomic E-state index is 0.0585. The van der Waals surface area contributed by atoms with Crippen LogP contribution in [0.4, 0.5) is 0 Å². The first-order valence-electron chi connectivity index (χ1n) is 9.60. The van der Waals surface area contributed by atoms with E-state index in [2.05, 4.69) is 13.8 Å². The van der Waals surface area contributed by atoms with Crippen LogP contribution in [0.1, 0.15) is 58.8 Å². The van der Waals surface area contributed by atoms with Crippen molar-refractivity contribution in [3.05, 3.63) is 0 Å². The van der Waals surface area contributed by atoms with Crippen LogP contribution in [0.3, 0.4) is 0 Å². The molecule has 0 radical (unpaired) electrons. The zero-order valence-electron chi connectivity index (χ0n) is 16.0. The van der Waals surface area contributed by atoms with Gasteiger partial charge in [0.2, 0.25) is 0 Å². The second-order valence-corrected chi connectivity index (χ2v) is 9.37. The number of aliphatic hydroxyl groups is 1. The third-order valence-electron chi connectivity index (χ3n) is 5.00. The van der Waals surface area contributed by atoms with E-state index in [0.717, 1.165) is 58.2 Å². The lowest BCUT2D eigenvalue weighted by Gasteiger charge is -2.38. The van der Waals surface area contributed by atoms with Crippen LogP contribution in [0.15, 0.2) is 0 Å². The first kappa shape index (κ1) is 22.1. The quantitative estimate of drug-likeness (QED) is 0.403. The lowest BCUT2D eigenvalue weighted by Crippen LogP contribution is -2.42. The number of ether oxygens (including phenoxy) is 2. The highest BCUT2D eigenvalue weighted by Crippen LogP contribution is 2.37. The van der Waals surface area contributed by atoms with E-state index >= 15 is 0 Å². The van der Waals surface area contributed by atoms with Crippen molar-refractivity contribution in [2.75, 3.05) is 34.0 Å². The van der Waals surface area contributed by atoms with Crippen LogP contribution in [-0.2, 0) is 18.3 Å². The van der Waals surface area contributed by atoms with Crippen molar-refractivity contribution in [2.45, 2.75) is 76.5 Å². The molecule has 0 aliphatic heterocycles. The summed E-state index contributed by atoms with van der Waals surface area (Å²) < 4.78 is 23.2. The fourth-order valence-corrected chi connectivity index (χ4v) is 5.42. The summed E-state index contributed by atoms with van der Waals surface area (Å²) in [6.07, 6.45) is 6.65. The van der Waals surface area contributed by atoms with Gasteiger partial charge in [0.15, 0.2) is 0 Å². The van der Waals surface area contributed by atoms with Crippen molar-refractivity contribution in [3.63, 3.8) is 0 Å². The third-order valence-corrected chi connectivity index (χ3v) is 7.36. The maximum Gasteiger partial charge on any atom is 0.326 e. The first-order chi connectivity index (χ1) is 11.7. The molecule has 4 unspecified atom stereocenters. The van der Waals surface area contributed by atoms with Crippen LogP contribution >= 0.6 is 0 Å². The summed E-state index contributed by atoms with van der Waals surface area (Å²) in [4.78, 5) is 0. The number of aliphatic hydroxyl groups excluding tert-OH is 1. The number of hydrogen-bond acceptors (Lipinski definition) is 5. The van der Waals surface area contributed by atoms with Crippen molar-refractivity contribution in [3.8, 4) is 0 Å². The van der Waals surface area contributed by atoms with Gasteiger partial charge in [0.1, 0.15) is 0 Å². The van der Waals surface area contributed by atoms with Gasteiger partial charge in [0, 0.05) is 33.0 Å². The molecule has 1 N–H and O–H groups in total. The van der Waals surface area contributed by atoms with Gasteiger partial charge in [-0.3, -0.25) is 0 Å². The maximum atomic E-state index is 10.3. The molecule has 0 amide bonds. The van der Waals surface area contributed by atoms with Crippen molar-refractivity contribution >= 4 is 9.28 Å². The van der Waals surface area contributed by atoms with Gasteiger partial charge in [0.05, 0.1) is 18.8 Å². The van der Waals surface area contributed by atoms with Gasteiger partial charge < -0.3 is 23.4 Å². The minimum Gasteiger partial charge on any atom is -0.400 e. The van der Waals surface area contributed by atoms with Crippen LogP contribution in [0.25, 0.3) is 0 Å². The fraction of sp³-hybridized carbons (Fsp3) is 1.00. The van der Waals surface area contributed by atoms with Crippen LogP contribution < -0.4 is 0 Å². The maximum absolute atomic E-state index is 10.3. The van der Waals surface area contributed by atoms with Crippen LogP contribution in [0, 0.1) is 5.92 Å². The molecule has 0 spiro atoms. The second-order valence-electron chi connectivity index (χ2n) is 6.84. The molecule has 24 heavy (non-hydrogen) atoms. The summed E-state index contributed by atoms with van der Waals surface area (Å²) >= 11 is 0. The van der Waals surface area contributed by atoms with E-state index in [1.807, 2.05) is 0 Å². The number of hydrogen-bond donors (Lipinski definition) is 1. The highest BCUT2D eigenvalue weighted by Gasteiger charge is 2.39. The van der Waals surface area contributed by atoms with E-state index in [1.165, 1.54) is 0 Å². The monoisotopic (exact) mass is 362 g/mol. The second kappa shape index (κ2) is 13.3. The smallest absolute Gasteiger partial charge is 0.326 e. The fourth-order valence-electron chi connectivity index (χ4n) is 3.44. The van der Waals surface area contributed by atoms with Gasteiger partial charge in [-0.05, 0) is 38.0 Å². The molecule has 1 fully saturated rings. The Hall–Kier alpha value is 0.0169. The molecule has 5 nitrogen and oxygen atoms in total. The van der Waals surface area contributed by atoms with Gasteiger partial charge in [0.25, 0.3) is 0 Å². The Morgan fingerprint density at radius 1 is 1.04 bits per heavy atom. The van der Waals surface area contributed by atoms with Crippen molar-refractivity contribution in [1.29, 1.82) is 0 Å². The van der Waals surface area contributed by atoms with Gasteiger partial charge in [-0.25, -0.2) is 0 Å². The van der Waals surface area contributed by atoms with Gasteiger partial charge >= 0.3 is 9.28 Å². The summed E-state index contributed by atoms with van der Waals surface area (Å²) in [6.45, 7) is 6.55. The van der Waals surface area contributed by atoms with E-state index in [4.69, 9.17) is 18.3 Å². The molecule has 0 saturated heterocycles. The van der Waals surface area contributed by atoms with Crippen LogP contribution in [0.5, 0.6) is 0 Å². The first-order valence-corrected chi connectivity index (χ1v) is 11.2. The number of rotatable bonds is 13.